The Morgan fingerprint density at radius 1 is 1.38 bits per heavy atom. The highest BCUT2D eigenvalue weighted by molar-refractivity contribution is 7.89. The highest BCUT2D eigenvalue weighted by Crippen LogP contribution is 2.31. The van der Waals surface area contributed by atoms with Crippen molar-refractivity contribution in [1.82, 2.24) is 14.1 Å². The summed E-state index contributed by atoms with van der Waals surface area (Å²) in [5.74, 6) is 1.23. The van der Waals surface area contributed by atoms with Gasteiger partial charge in [-0.2, -0.15) is 0 Å². The fraction of sp³-hybridized carbons (Fsp3) is 0.615. The highest BCUT2D eigenvalue weighted by atomic mass is 32.2. The molecule has 1 saturated carbocycles. The molecule has 116 valence electrons. The Morgan fingerprint density at radius 3 is 2.86 bits per heavy atom. The van der Waals surface area contributed by atoms with Crippen LogP contribution in [0.5, 0.6) is 0 Å². The van der Waals surface area contributed by atoms with Gasteiger partial charge in [0.2, 0.25) is 0 Å². The lowest BCUT2D eigenvalue weighted by atomic mass is 9.79. The number of hydrogen-bond donors (Lipinski definition) is 2. The van der Waals surface area contributed by atoms with E-state index in [0.29, 0.717) is 16.8 Å². The number of nitrogens with zero attached hydrogens (tertiary/aromatic N) is 2. The zero-order valence-electron chi connectivity index (χ0n) is 12.1. The molecule has 8 heteroatoms. The molecule has 3 N–H and O–H groups in total. The van der Waals surface area contributed by atoms with Crippen molar-refractivity contribution in [3.8, 4) is 0 Å². The Hall–Kier alpha value is -1.12. The third kappa shape index (κ3) is 2.67. The van der Waals surface area contributed by atoms with Crippen LogP contribution >= 0.6 is 11.3 Å². The summed E-state index contributed by atoms with van der Waals surface area (Å²) in [6, 6.07) is -0.0233. The van der Waals surface area contributed by atoms with Gasteiger partial charge in [-0.25, -0.2) is 18.1 Å². The van der Waals surface area contributed by atoms with Gasteiger partial charge in [0.05, 0.1) is 0 Å². The van der Waals surface area contributed by atoms with Gasteiger partial charge in [-0.05, 0) is 31.1 Å². The van der Waals surface area contributed by atoms with Crippen LogP contribution in [-0.2, 0) is 10.0 Å². The molecule has 0 aromatic carbocycles. The van der Waals surface area contributed by atoms with E-state index in [1.807, 2.05) is 0 Å². The molecule has 2 aromatic rings. The molecule has 1 fully saturated rings. The first-order valence-corrected chi connectivity index (χ1v) is 9.48. The van der Waals surface area contributed by atoms with Crippen molar-refractivity contribution in [3.05, 3.63) is 11.6 Å². The number of imidazole rings is 1. The molecule has 0 spiro atoms. The molecule has 0 aliphatic heterocycles. The van der Waals surface area contributed by atoms with Crippen LogP contribution in [0.1, 0.15) is 33.1 Å². The normalized spacial score (nSPS) is 27.2. The van der Waals surface area contributed by atoms with Gasteiger partial charge < -0.3 is 5.73 Å². The second kappa shape index (κ2) is 5.26. The molecule has 2 aromatic heterocycles. The molecule has 2 heterocycles. The summed E-state index contributed by atoms with van der Waals surface area (Å²) in [7, 11) is -3.65. The topological polar surface area (TPSA) is 89.5 Å². The Bertz CT molecular complexity index is 749. The molecule has 0 radical (unpaired) electrons. The third-order valence-corrected chi connectivity index (χ3v) is 6.73. The molecule has 3 unspecified atom stereocenters. The molecule has 6 nitrogen and oxygen atoms in total. The molecular weight excluding hydrogens is 308 g/mol. The van der Waals surface area contributed by atoms with E-state index in [1.54, 1.807) is 11.6 Å². The summed E-state index contributed by atoms with van der Waals surface area (Å²) >= 11 is 1.36. The summed E-state index contributed by atoms with van der Waals surface area (Å²) in [6.07, 6.45) is 4.47. The van der Waals surface area contributed by atoms with Gasteiger partial charge in [-0.1, -0.05) is 13.8 Å². The maximum Gasteiger partial charge on any atom is 0.260 e. The van der Waals surface area contributed by atoms with Crippen molar-refractivity contribution in [2.45, 2.75) is 44.2 Å². The second-order valence-electron chi connectivity index (χ2n) is 5.94. The van der Waals surface area contributed by atoms with Crippen LogP contribution in [0.2, 0.25) is 0 Å². The summed E-state index contributed by atoms with van der Waals surface area (Å²) < 4.78 is 29.6. The Balaban J connectivity index is 1.87. The molecule has 3 rings (SSSR count). The lowest BCUT2D eigenvalue weighted by molar-refractivity contribution is 0.241. The van der Waals surface area contributed by atoms with Crippen LogP contribution in [0, 0.1) is 11.8 Å². The molecule has 3 atom stereocenters. The van der Waals surface area contributed by atoms with E-state index < -0.39 is 10.0 Å². The lowest BCUT2D eigenvalue weighted by Crippen LogP contribution is -2.40. The minimum atomic E-state index is -3.65. The molecule has 0 amide bonds. The Kier molecular flexibility index (Phi) is 3.71. The van der Waals surface area contributed by atoms with Crippen molar-refractivity contribution in [2.75, 3.05) is 5.73 Å². The Labute approximate surface area is 128 Å². The maximum atomic E-state index is 12.6. The summed E-state index contributed by atoms with van der Waals surface area (Å²) in [6.45, 7) is 4.40. The first-order chi connectivity index (χ1) is 9.88. The molecule has 0 bridgehead atoms. The van der Waals surface area contributed by atoms with Gasteiger partial charge in [0.15, 0.2) is 15.8 Å². The van der Waals surface area contributed by atoms with Crippen LogP contribution in [0.3, 0.4) is 0 Å². The summed E-state index contributed by atoms with van der Waals surface area (Å²) in [5.41, 5.74) is 5.79. The monoisotopic (exact) mass is 328 g/mol. The summed E-state index contributed by atoms with van der Waals surface area (Å²) in [5, 5.41) is 1.86. The van der Waals surface area contributed by atoms with Gasteiger partial charge in [0.25, 0.3) is 10.0 Å². The predicted octanol–water partition coefficient (Wildman–Crippen LogP) is 2.08. The highest BCUT2D eigenvalue weighted by Gasteiger charge is 2.31. The number of nitrogens with two attached hydrogens (primary N) is 1. The first kappa shape index (κ1) is 14.8. The minimum absolute atomic E-state index is 0.0233. The van der Waals surface area contributed by atoms with Crippen LogP contribution in [0.4, 0.5) is 5.82 Å². The molecule has 0 saturated heterocycles. The number of fused-ring (bicyclic) bond motifs is 1. The van der Waals surface area contributed by atoms with Crippen LogP contribution in [0.15, 0.2) is 16.6 Å². The number of rotatable bonds is 3. The molecule has 1 aliphatic carbocycles. The van der Waals surface area contributed by atoms with Crippen molar-refractivity contribution < 1.29 is 8.42 Å². The third-order valence-electron chi connectivity index (χ3n) is 4.42. The van der Waals surface area contributed by atoms with Crippen LogP contribution < -0.4 is 10.5 Å². The number of aromatic nitrogens is 2. The van der Waals surface area contributed by atoms with E-state index in [2.05, 4.69) is 23.6 Å². The van der Waals surface area contributed by atoms with Crippen molar-refractivity contribution in [3.63, 3.8) is 0 Å². The lowest BCUT2D eigenvalue weighted by Gasteiger charge is -2.32. The van der Waals surface area contributed by atoms with E-state index in [0.717, 1.165) is 19.3 Å². The number of nitrogen functional groups attached to an aromatic ring is 1. The summed E-state index contributed by atoms with van der Waals surface area (Å²) in [4.78, 5) is 4.70. The van der Waals surface area contributed by atoms with Crippen molar-refractivity contribution >= 4 is 32.1 Å². The van der Waals surface area contributed by atoms with E-state index in [-0.39, 0.29) is 16.9 Å². The standard InChI is InChI=1S/C13H20N4O2S2/c1-8-3-4-10(7-9(8)2)16-21(18,19)12-11(14)15-13-17(12)5-6-20-13/h5-6,8-10,16H,3-4,7,14H2,1-2H3. The fourth-order valence-electron chi connectivity index (χ4n) is 2.98. The molecule has 1 aliphatic rings. The smallest absolute Gasteiger partial charge is 0.260 e. The van der Waals surface area contributed by atoms with Crippen LogP contribution in [-0.4, -0.2) is 23.8 Å². The largest absolute Gasteiger partial charge is 0.381 e. The van der Waals surface area contributed by atoms with Gasteiger partial charge >= 0.3 is 0 Å². The van der Waals surface area contributed by atoms with Crippen molar-refractivity contribution in [1.29, 1.82) is 0 Å². The quantitative estimate of drug-likeness (QED) is 0.902. The number of thiazole rings is 1. The number of hydrogen-bond acceptors (Lipinski definition) is 5. The zero-order chi connectivity index (χ0) is 15.2. The first-order valence-electron chi connectivity index (χ1n) is 7.12. The number of anilines is 1. The number of sulfonamides is 1. The SMILES string of the molecule is CC1CCC(NS(=O)(=O)c2c(N)nc3sccn23)CC1C. The van der Waals surface area contributed by atoms with Gasteiger partial charge in [0, 0.05) is 17.6 Å². The average molecular weight is 328 g/mol. The van der Waals surface area contributed by atoms with Gasteiger partial charge in [0.1, 0.15) is 0 Å². The average Bonchev–Trinajstić information content (AvgIpc) is 2.92. The van der Waals surface area contributed by atoms with Gasteiger partial charge in [-0.3, -0.25) is 4.40 Å². The van der Waals surface area contributed by atoms with Crippen LogP contribution in [0.25, 0.3) is 4.96 Å². The maximum absolute atomic E-state index is 12.6. The van der Waals surface area contributed by atoms with Crippen molar-refractivity contribution in [2.24, 2.45) is 11.8 Å². The minimum Gasteiger partial charge on any atom is -0.381 e. The van der Waals surface area contributed by atoms with E-state index in [9.17, 15) is 8.42 Å². The van der Waals surface area contributed by atoms with Gasteiger partial charge in [-0.15, -0.1) is 11.3 Å². The van der Waals surface area contributed by atoms with E-state index in [1.165, 1.54) is 15.7 Å². The predicted molar refractivity (Wildman–Crippen MR) is 83.8 cm³/mol. The van der Waals surface area contributed by atoms with E-state index >= 15 is 0 Å². The number of nitrogens with one attached hydrogen (secondary N) is 1. The fourth-order valence-corrected chi connectivity index (χ4v) is 5.25. The Morgan fingerprint density at radius 2 is 2.14 bits per heavy atom. The molecule has 21 heavy (non-hydrogen) atoms. The second-order valence-corrected chi connectivity index (χ2v) is 8.45. The zero-order valence-corrected chi connectivity index (χ0v) is 13.7. The van der Waals surface area contributed by atoms with E-state index in [4.69, 9.17) is 5.73 Å². The molecular formula is C13H20N4O2S2.